The van der Waals surface area contributed by atoms with Crippen LogP contribution in [0.1, 0.15) is 11.3 Å². The van der Waals surface area contributed by atoms with Gasteiger partial charge in [-0.05, 0) is 11.6 Å². The molecule has 1 aliphatic rings. The van der Waals surface area contributed by atoms with Crippen LogP contribution >= 0.6 is 11.3 Å². The highest BCUT2D eigenvalue weighted by atomic mass is 32.1. The number of nitrogens with one attached hydrogen (secondary N) is 2. The SMILES string of the molecule is O=C(/C=C/c1ccccc1)Nc1nc(CC(=O)N2CCNC(=O)C2)cs1. The molecule has 1 aromatic heterocycles. The molecule has 0 aliphatic carbocycles. The van der Waals surface area contributed by atoms with Crippen molar-refractivity contribution in [1.82, 2.24) is 15.2 Å². The van der Waals surface area contributed by atoms with E-state index in [0.717, 1.165) is 5.56 Å². The van der Waals surface area contributed by atoms with E-state index in [9.17, 15) is 14.4 Å². The first-order valence-corrected chi connectivity index (χ1v) is 9.01. The van der Waals surface area contributed by atoms with E-state index in [-0.39, 0.29) is 30.7 Å². The summed E-state index contributed by atoms with van der Waals surface area (Å²) in [7, 11) is 0. The highest BCUT2D eigenvalue weighted by molar-refractivity contribution is 7.14. The van der Waals surface area contributed by atoms with Crippen molar-refractivity contribution in [2.45, 2.75) is 6.42 Å². The molecule has 1 saturated heterocycles. The third-order valence-corrected chi connectivity index (χ3v) is 4.54. The van der Waals surface area contributed by atoms with Crippen molar-refractivity contribution in [3.8, 4) is 0 Å². The molecular weight excluding hydrogens is 352 g/mol. The summed E-state index contributed by atoms with van der Waals surface area (Å²) in [6.45, 7) is 1.05. The summed E-state index contributed by atoms with van der Waals surface area (Å²) in [5.41, 5.74) is 1.51. The predicted molar refractivity (Wildman–Crippen MR) is 99.5 cm³/mol. The highest BCUT2D eigenvalue weighted by Gasteiger charge is 2.21. The van der Waals surface area contributed by atoms with Crippen molar-refractivity contribution >= 4 is 40.3 Å². The number of carbonyl (C=O) groups excluding carboxylic acids is 3. The van der Waals surface area contributed by atoms with E-state index in [0.29, 0.717) is 23.9 Å². The summed E-state index contributed by atoms with van der Waals surface area (Å²) in [6, 6.07) is 9.50. The third kappa shape index (κ3) is 5.00. The van der Waals surface area contributed by atoms with Crippen molar-refractivity contribution in [1.29, 1.82) is 0 Å². The Morgan fingerprint density at radius 3 is 2.88 bits per heavy atom. The first-order valence-electron chi connectivity index (χ1n) is 8.13. The van der Waals surface area contributed by atoms with Gasteiger partial charge in [0.25, 0.3) is 0 Å². The Kier molecular flexibility index (Phi) is 5.75. The number of aromatic nitrogens is 1. The molecule has 8 heteroatoms. The smallest absolute Gasteiger partial charge is 0.250 e. The zero-order valence-corrected chi connectivity index (χ0v) is 14.8. The second-order valence-electron chi connectivity index (χ2n) is 5.72. The molecule has 2 N–H and O–H groups in total. The Balaban J connectivity index is 1.52. The minimum Gasteiger partial charge on any atom is -0.353 e. The molecule has 134 valence electrons. The number of benzene rings is 1. The Morgan fingerprint density at radius 2 is 2.12 bits per heavy atom. The molecule has 26 heavy (non-hydrogen) atoms. The topological polar surface area (TPSA) is 91.4 Å². The molecule has 2 heterocycles. The van der Waals surface area contributed by atoms with Crippen LogP contribution in [0.25, 0.3) is 6.08 Å². The first kappa shape index (κ1) is 17.8. The van der Waals surface area contributed by atoms with Gasteiger partial charge in [0.2, 0.25) is 17.7 Å². The van der Waals surface area contributed by atoms with Crippen LogP contribution in [-0.2, 0) is 20.8 Å². The fourth-order valence-corrected chi connectivity index (χ4v) is 3.16. The van der Waals surface area contributed by atoms with E-state index in [1.54, 1.807) is 11.5 Å². The minimum absolute atomic E-state index is 0.0802. The van der Waals surface area contributed by atoms with E-state index < -0.39 is 0 Å². The highest BCUT2D eigenvalue weighted by Crippen LogP contribution is 2.16. The van der Waals surface area contributed by atoms with Gasteiger partial charge in [0.15, 0.2) is 5.13 Å². The Morgan fingerprint density at radius 1 is 1.31 bits per heavy atom. The van der Waals surface area contributed by atoms with Gasteiger partial charge in [-0.2, -0.15) is 0 Å². The van der Waals surface area contributed by atoms with Crippen LogP contribution in [0.4, 0.5) is 5.13 Å². The number of piperazine rings is 1. The number of carbonyl (C=O) groups is 3. The molecule has 2 aromatic rings. The van der Waals surface area contributed by atoms with Crippen molar-refractivity contribution in [3.05, 3.63) is 53.0 Å². The number of anilines is 1. The van der Waals surface area contributed by atoms with Crippen LogP contribution < -0.4 is 10.6 Å². The van der Waals surface area contributed by atoms with Crippen molar-refractivity contribution in [2.75, 3.05) is 25.0 Å². The quantitative estimate of drug-likeness (QED) is 0.776. The summed E-state index contributed by atoms with van der Waals surface area (Å²) < 4.78 is 0. The molecular formula is C18H18N4O3S. The molecule has 0 radical (unpaired) electrons. The molecule has 1 aromatic carbocycles. The van der Waals surface area contributed by atoms with Gasteiger partial charge in [0, 0.05) is 24.5 Å². The largest absolute Gasteiger partial charge is 0.353 e. The zero-order valence-electron chi connectivity index (χ0n) is 14.0. The lowest BCUT2D eigenvalue weighted by atomic mass is 10.2. The van der Waals surface area contributed by atoms with Gasteiger partial charge in [-0.25, -0.2) is 4.98 Å². The van der Waals surface area contributed by atoms with Crippen LogP contribution in [0, 0.1) is 0 Å². The molecule has 0 bridgehead atoms. The summed E-state index contributed by atoms with van der Waals surface area (Å²) in [4.78, 5) is 41.3. The summed E-state index contributed by atoms with van der Waals surface area (Å²) in [5, 5.41) is 7.54. The second-order valence-corrected chi connectivity index (χ2v) is 6.58. The van der Waals surface area contributed by atoms with Gasteiger partial charge in [-0.15, -0.1) is 11.3 Å². The molecule has 3 rings (SSSR count). The van der Waals surface area contributed by atoms with Gasteiger partial charge in [-0.1, -0.05) is 30.3 Å². The van der Waals surface area contributed by atoms with Crippen molar-refractivity contribution in [3.63, 3.8) is 0 Å². The lowest BCUT2D eigenvalue weighted by Gasteiger charge is -2.26. The number of hydrogen-bond acceptors (Lipinski definition) is 5. The molecule has 0 saturated carbocycles. The van der Waals surface area contributed by atoms with Gasteiger partial charge < -0.3 is 10.2 Å². The molecule has 3 amide bonds. The average Bonchev–Trinajstić information content (AvgIpc) is 3.07. The second kappa shape index (κ2) is 8.39. The Hall–Kier alpha value is -3.00. The molecule has 1 aliphatic heterocycles. The fourth-order valence-electron chi connectivity index (χ4n) is 2.45. The van der Waals surface area contributed by atoms with Crippen molar-refractivity contribution < 1.29 is 14.4 Å². The number of nitrogens with zero attached hydrogens (tertiary/aromatic N) is 2. The van der Waals surface area contributed by atoms with E-state index in [1.165, 1.54) is 22.3 Å². The van der Waals surface area contributed by atoms with Crippen molar-refractivity contribution in [2.24, 2.45) is 0 Å². The maximum atomic E-state index is 12.2. The number of amides is 3. The summed E-state index contributed by atoms with van der Waals surface area (Å²) >= 11 is 1.26. The first-order chi connectivity index (χ1) is 12.6. The average molecular weight is 370 g/mol. The lowest BCUT2D eigenvalue weighted by molar-refractivity contribution is -0.137. The van der Waals surface area contributed by atoms with E-state index in [1.807, 2.05) is 30.3 Å². The Bertz CT molecular complexity index is 832. The molecule has 0 atom stereocenters. The predicted octanol–water partition coefficient (Wildman–Crippen LogP) is 1.30. The number of thiazole rings is 1. The third-order valence-electron chi connectivity index (χ3n) is 3.73. The van der Waals surface area contributed by atoms with Crippen LogP contribution in [0.2, 0.25) is 0 Å². The van der Waals surface area contributed by atoms with Gasteiger partial charge in [0.1, 0.15) is 0 Å². The number of rotatable bonds is 5. The molecule has 0 spiro atoms. The maximum Gasteiger partial charge on any atom is 0.250 e. The maximum absolute atomic E-state index is 12.2. The Labute approximate surface area is 154 Å². The molecule has 1 fully saturated rings. The van der Waals surface area contributed by atoms with Crippen LogP contribution in [0.5, 0.6) is 0 Å². The summed E-state index contributed by atoms with van der Waals surface area (Å²) in [6.07, 6.45) is 3.27. The normalized spacial score (nSPS) is 14.3. The molecule has 7 nitrogen and oxygen atoms in total. The zero-order chi connectivity index (χ0) is 18.4. The van der Waals surface area contributed by atoms with Gasteiger partial charge in [-0.3, -0.25) is 19.7 Å². The molecule has 0 unspecified atom stereocenters. The van der Waals surface area contributed by atoms with E-state index >= 15 is 0 Å². The van der Waals surface area contributed by atoms with E-state index in [4.69, 9.17) is 0 Å². The standard InChI is InChI=1S/C18H18N4O3S/c23-15(7-6-13-4-2-1-3-5-13)21-18-20-14(12-26-18)10-17(25)22-9-8-19-16(24)11-22/h1-7,12H,8-11H2,(H,19,24)(H,20,21,23)/b7-6+. The minimum atomic E-state index is -0.284. The van der Waals surface area contributed by atoms with Crippen LogP contribution in [0.15, 0.2) is 41.8 Å². The van der Waals surface area contributed by atoms with Gasteiger partial charge in [0.05, 0.1) is 18.7 Å². The van der Waals surface area contributed by atoms with Crippen LogP contribution in [0.3, 0.4) is 0 Å². The van der Waals surface area contributed by atoms with E-state index in [2.05, 4.69) is 15.6 Å². The summed E-state index contributed by atoms with van der Waals surface area (Å²) in [5.74, 6) is -0.582. The van der Waals surface area contributed by atoms with Gasteiger partial charge >= 0.3 is 0 Å². The lowest BCUT2D eigenvalue weighted by Crippen LogP contribution is -2.50. The monoisotopic (exact) mass is 370 g/mol. The number of hydrogen-bond donors (Lipinski definition) is 2. The fraction of sp³-hybridized carbons (Fsp3) is 0.222. The van der Waals surface area contributed by atoms with Crippen LogP contribution in [-0.4, -0.2) is 47.2 Å².